The maximum Gasteiger partial charge on any atom is 0.260 e. The van der Waals surface area contributed by atoms with Crippen molar-refractivity contribution in [2.75, 3.05) is 5.75 Å². The minimum Gasteiger partial charge on any atom is -0.301 e. The molecule has 0 spiro atoms. The molecule has 0 aliphatic carbocycles. The van der Waals surface area contributed by atoms with Crippen molar-refractivity contribution in [1.82, 2.24) is 9.97 Å². The van der Waals surface area contributed by atoms with Crippen molar-refractivity contribution in [3.05, 3.63) is 45.0 Å². The van der Waals surface area contributed by atoms with E-state index in [-0.39, 0.29) is 5.56 Å². The maximum atomic E-state index is 12.3. The van der Waals surface area contributed by atoms with E-state index in [0.717, 1.165) is 11.1 Å². The van der Waals surface area contributed by atoms with Gasteiger partial charge in [0.25, 0.3) is 5.56 Å². The van der Waals surface area contributed by atoms with Crippen LogP contribution in [0.3, 0.4) is 0 Å². The van der Waals surface area contributed by atoms with Gasteiger partial charge in [0.1, 0.15) is 4.83 Å². The third kappa shape index (κ3) is 2.84. The topological polar surface area (TPSA) is 45.8 Å². The van der Waals surface area contributed by atoms with Gasteiger partial charge in [-0.15, -0.1) is 17.8 Å². The number of aromatic amines is 1. The van der Waals surface area contributed by atoms with E-state index < -0.39 is 0 Å². The number of hydrogen-bond donors (Lipinski definition) is 1. The van der Waals surface area contributed by atoms with Gasteiger partial charge >= 0.3 is 0 Å². The second-order valence-electron chi connectivity index (χ2n) is 4.20. The number of fused-ring (bicyclic) bond motifs is 1. The molecule has 104 valence electrons. The Balaban J connectivity index is 2.12. The van der Waals surface area contributed by atoms with Crippen molar-refractivity contribution in [2.24, 2.45) is 0 Å². The van der Waals surface area contributed by atoms with E-state index in [9.17, 15) is 4.79 Å². The lowest BCUT2D eigenvalue weighted by molar-refractivity contribution is 0.983. The normalized spacial score (nSPS) is 10.7. The molecule has 0 saturated heterocycles. The van der Waals surface area contributed by atoms with Gasteiger partial charge in [-0.1, -0.05) is 41.4 Å². The Morgan fingerprint density at radius 3 is 2.86 bits per heavy atom. The fraction of sp³-hybridized carbons (Fsp3) is 0.0667. The van der Waals surface area contributed by atoms with E-state index in [0.29, 0.717) is 26.1 Å². The molecule has 0 bridgehead atoms. The Labute approximate surface area is 134 Å². The van der Waals surface area contributed by atoms with Crippen LogP contribution in [0.4, 0.5) is 0 Å². The van der Waals surface area contributed by atoms with Gasteiger partial charge in [0, 0.05) is 16.0 Å². The van der Waals surface area contributed by atoms with Crippen molar-refractivity contribution in [2.45, 2.75) is 5.16 Å². The fourth-order valence-corrected chi connectivity index (χ4v) is 3.62. The Kier molecular flexibility index (Phi) is 4.02. The number of rotatable bonds is 3. The van der Waals surface area contributed by atoms with Crippen molar-refractivity contribution in [3.8, 4) is 23.5 Å². The molecule has 6 heteroatoms. The predicted molar refractivity (Wildman–Crippen MR) is 90.2 cm³/mol. The standard InChI is InChI=1S/C15H9ClN2OS2/c1-2-7-20-15-17-13(19)12-11(8-21-14(12)18-15)9-3-5-10(16)6-4-9/h1,3-6,8H,7H2,(H,17,18,19). The first kappa shape index (κ1) is 14.2. The number of terminal acetylenes is 1. The van der Waals surface area contributed by atoms with E-state index in [1.165, 1.54) is 23.1 Å². The molecular formula is C15H9ClN2OS2. The van der Waals surface area contributed by atoms with E-state index >= 15 is 0 Å². The Hall–Kier alpha value is -1.74. The molecule has 1 N–H and O–H groups in total. The molecular weight excluding hydrogens is 324 g/mol. The molecule has 0 aliphatic heterocycles. The zero-order valence-electron chi connectivity index (χ0n) is 10.7. The number of aromatic nitrogens is 2. The van der Waals surface area contributed by atoms with E-state index in [1.54, 1.807) is 12.1 Å². The summed E-state index contributed by atoms with van der Waals surface area (Å²) in [6.45, 7) is 0. The summed E-state index contributed by atoms with van der Waals surface area (Å²) in [5.41, 5.74) is 1.67. The molecule has 0 amide bonds. The molecule has 1 aromatic carbocycles. The summed E-state index contributed by atoms with van der Waals surface area (Å²) in [4.78, 5) is 20.2. The van der Waals surface area contributed by atoms with Gasteiger partial charge in [-0.2, -0.15) is 0 Å². The quantitative estimate of drug-likeness (QED) is 0.447. The van der Waals surface area contributed by atoms with Crippen LogP contribution in [0, 0.1) is 12.3 Å². The van der Waals surface area contributed by atoms with Crippen molar-refractivity contribution in [3.63, 3.8) is 0 Å². The van der Waals surface area contributed by atoms with Crippen LogP contribution in [0.25, 0.3) is 21.3 Å². The molecule has 0 unspecified atom stereocenters. The zero-order chi connectivity index (χ0) is 14.8. The lowest BCUT2D eigenvalue weighted by Crippen LogP contribution is -2.08. The third-order valence-electron chi connectivity index (χ3n) is 2.87. The minimum atomic E-state index is -0.147. The summed E-state index contributed by atoms with van der Waals surface area (Å²) in [6.07, 6.45) is 5.22. The second-order valence-corrected chi connectivity index (χ2v) is 6.46. The molecule has 21 heavy (non-hydrogen) atoms. The van der Waals surface area contributed by atoms with Crippen molar-refractivity contribution < 1.29 is 0 Å². The number of H-pyrrole nitrogens is 1. The smallest absolute Gasteiger partial charge is 0.260 e. The molecule has 3 nitrogen and oxygen atoms in total. The van der Waals surface area contributed by atoms with Crippen LogP contribution in [-0.2, 0) is 0 Å². The van der Waals surface area contributed by atoms with Crippen molar-refractivity contribution in [1.29, 1.82) is 0 Å². The number of nitrogens with one attached hydrogen (secondary N) is 1. The van der Waals surface area contributed by atoms with E-state index in [2.05, 4.69) is 15.9 Å². The van der Waals surface area contributed by atoms with Gasteiger partial charge < -0.3 is 4.98 Å². The van der Waals surface area contributed by atoms with Crippen LogP contribution >= 0.6 is 34.7 Å². The molecule has 0 fully saturated rings. The Morgan fingerprint density at radius 2 is 2.14 bits per heavy atom. The highest BCUT2D eigenvalue weighted by molar-refractivity contribution is 7.99. The van der Waals surface area contributed by atoms with Crippen LogP contribution < -0.4 is 5.56 Å². The molecule has 0 saturated carbocycles. The monoisotopic (exact) mass is 332 g/mol. The maximum absolute atomic E-state index is 12.3. The fourth-order valence-electron chi connectivity index (χ4n) is 1.95. The summed E-state index contributed by atoms with van der Waals surface area (Å²) in [5.74, 6) is 2.99. The first-order valence-electron chi connectivity index (χ1n) is 6.03. The van der Waals surface area contributed by atoms with Crippen LogP contribution in [0.15, 0.2) is 39.6 Å². The first-order valence-corrected chi connectivity index (χ1v) is 8.27. The van der Waals surface area contributed by atoms with Crippen molar-refractivity contribution >= 4 is 44.9 Å². The Bertz CT molecular complexity index is 891. The molecule has 0 radical (unpaired) electrons. The summed E-state index contributed by atoms with van der Waals surface area (Å²) in [7, 11) is 0. The second kappa shape index (κ2) is 5.94. The molecule has 2 aromatic heterocycles. The highest BCUT2D eigenvalue weighted by Gasteiger charge is 2.12. The van der Waals surface area contributed by atoms with Crippen LogP contribution in [0.5, 0.6) is 0 Å². The number of thioether (sulfide) groups is 1. The highest BCUT2D eigenvalue weighted by atomic mass is 35.5. The summed E-state index contributed by atoms with van der Waals surface area (Å²) in [5, 5.41) is 3.76. The van der Waals surface area contributed by atoms with Gasteiger partial charge in [0.2, 0.25) is 0 Å². The minimum absolute atomic E-state index is 0.147. The van der Waals surface area contributed by atoms with Gasteiger partial charge in [-0.05, 0) is 17.7 Å². The third-order valence-corrected chi connectivity index (χ3v) is 4.77. The molecule has 0 atom stereocenters. The first-order chi connectivity index (χ1) is 10.2. The summed E-state index contributed by atoms with van der Waals surface area (Å²) < 4.78 is 0. The summed E-state index contributed by atoms with van der Waals surface area (Å²) in [6, 6.07) is 7.40. The lowest BCUT2D eigenvalue weighted by Gasteiger charge is -2.01. The van der Waals surface area contributed by atoms with E-state index in [1.807, 2.05) is 17.5 Å². The Morgan fingerprint density at radius 1 is 1.38 bits per heavy atom. The van der Waals surface area contributed by atoms with E-state index in [4.69, 9.17) is 18.0 Å². The van der Waals surface area contributed by atoms with Gasteiger partial charge in [0.15, 0.2) is 5.16 Å². The summed E-state index contributed by atoms with van der Waals surface area (Å²) >= 11 is 8.68. The zero-order valence-corrected chi connectivity index (χ0v) is 13.1. The largest absolute Gasteiger partial charge is 0.301 e. The van der Waals surface area contributed by atoms with Gasteiger partial charge in [0.05, 0.1) is 11.1 Å². The SMILES string of the molecule is C#CCSc1nc2scc(-c3ccc(Cl)cc3)c2c(=O)[nH]1. The van der Waals surface area contributed by atoms with Gasteiger partial charge in [-0.3, -0.25) is 4.79 Å². The average Bonchev–Trinajstić information content (AvgIpc) is 2.90. The van der Waals surface area contributed by atoms with Crippen LogP contribution in [0.2, 0.25) is 5.02 Å². The number of nitrogens with zero attached hydrogens (tertiary/aromatic N) is 1. The predicted octanol–water partition coefficient (Wildman–Crippen LogP) is 4.03. The highest BCUT2D eigenvalue weighted by Crippen LogP contribution is 2.32. The molecule has 0 aliphatic rings. The molecule has 2 heterocycles. The number of halogens is 1. The molecule has 3 rings (SSSR count). The number of thiophene rings is 1. The van der Waals surface area contributed by atoms with Crippen LogP contribution in [0.1, 0.15) is 0 Å². The van der Waals surface area contributed by atoms with Gasteiger partial charge in [-0.25, -0.2) is 4.98 Å². The van der Waals surface area contributed by atoms with Crippen LogP contribution in [-0.4, -0.2) is 15.7 Å². The number of benzene rings is 1. The molecule has 3 aromatic rings. The average molecular weight is 333 g/mol. The lowest BCUT2D eigenvalue weighted by atomic mass is 10.1. The number of hydrogen-bond acceptors (Lipinski definition) is 4.